The van der Waals surface area contributed by atoms with Crippen molar-refractivity contribution >= 4 is 28.9 Å². The molecule has 0 bridgehead atoms. The van der Waals surface area contributed by atoms with Gasteiger partial charge in [0.1, 0.15) is 5.82 Å². The monoisotopic (exact) mass is 436 g/mol. The maximum atomic E-state index is 14.6. The van der Waals surface area contributed by atoms with Gasteiger partial charge in [-0.05, 0) is 36.2 Å². The average Bonchev–Trinajstić information content (AvgIpc) is 2.72. The van der Waals surface area contributed by atoms with Crippen LogP contribution in [0.3, 0.4) is 0 Å². The Morgan fingerprint density at radius 2 is 2.00 bits per heavy atom. The first kappa shape index (κ1) is 22.2. The zero-order valence-corrected chi connectivity index (χ0v) is 18.1. The number of hydrogen-bond acceptors (Lipinski definition) is 5. The molecule has 1 amide bonds. The molecule has 3 rings (SSSR count). The van der Waals surface area contributed by atoms with Crippen molar-refractivity contribution in [2.24, 2.45) is 5.92 Å². The molecule has 6 nitrogen and oxygen atoms in total. The summed E-state index contributed by atoms with van der Waals surface area (Å²) in [7, 11) is 1.48. The largest absolute Gasteiger partial charge is 0.493 e. The van der Waals surface area contributed by atoms with E-state index in [1.807, 2.05) is 18.7 Å². The molecule has 162 valence electrons. The van der Waals surface area contributed by atoms with Crippen LogP contribution in [0, 0.1) is 11.7 Å². The van der Waals surface area contributed by atoms with Crippen LogP contribution in [-0.4, -0.2) is 45.9 Å². The van der Waals surface area contributed by atoms with Crippen LogP contribution >= 0.6 is 11.6 Å². The minimum atomic E-state index is -0.427. The van der Waals surface area contributed by atoms with Crippen molar-refractivity contribution in [3.8, 4) is 11.5 Å². The summed E-state index contributed by atoms with van der Waals surface area (Å²) in [6.07, 6.45) is 0. The summed E-state index contributed by atoms with van der Waals surface area (Å²) >= 11 is 6.32. The molecule has 8 heteroatoms. The van der Waals surface area contributed by atoms with Gasteiger partial charge in [-0.3, -0.25) is 4.79 Å². The summed E-state index contributed by atoms with van der Waals surface area (Å²) in [4.78, 5) is 14.6. The Morgan fingerprint density at radius 1 is 1.27 bits per heavy atom. The second kappa shape index (κ2) is 10.00. The smallest absolute Gasteiger partial charge is 0.255 e. The number of benzene rings is 2. The molecule has 1 N–H and O–H groups in total. The lowest BCUT2D eigenvalue weighted by atomic mass is 10.1. The molecule has 0 atom stereocenters. The van der Waals surface area contributed by atoms with Crippen LogP contribution in [0.1, 0.15) is 24.2 Å². The molecule has 0 unspecified atom stereocenters. The topological polar surface area (TPSA) is 60.0 Å². The van der Waals surface area contributed by atoms with Gasteiger partial charge in [0, 0.05) is 24.3 Å². The highest BCUT2D eigenvalue weighted by Crippen LogP contribution is 2.37. The number of amides is 1. The predicted octanol–water partition coefficient (Wildman–Crippen LogP) is 4.61. The molecule has 0 radical (unpaired) electrons. The fraction of sp³-hybridized carbons (Fsp3) is 0.409. The first-order valence-electron chi connectivity index (χ1n) is 9.83. The van der Waals surface area contributed by atoms with E-state index in [1.54, 1.807) is 18.2 Å². The number of anilines is 2. The summed E-state index contributed by atoms with van der Waals surface area (Å²) in [5.41, 5.74) is 1.13. The number of carbonyl (C=O) groups excluding carboxylic acids is 1. The lowest BCUT2D eigenvalue weighted by Gasteiger charge is -2.29. The normalized spacial score (nSPS) is 14.0. The second-order valence-electron chi connectivity index (χ2n) is 7.41. The summed E-state index contributed by atoms with van der Waals surface area (Å²) in [6.45, 7) is 6.90. The Labute approximate surface area is 180 Å². The van der Waals surface area contributed by atoms with Crippen molar-refractivity contribution in [2.45, 2.75) is 13.8 Å². The van der Waals surface area contributed by atoms with Crippen molar-refractivity contribution < 1.29 is 23.4 Å². The fourth-order valence-corrected chi connectivity index (χ4v) is 3.35. The Bertz CT molecular complexity index is 901. The zero-order valence-electron chi connectivity index (χ0n) is 17.3. The Kier molecular flexibility index (Phi) is 7.39. The molecule has 2 aromatic rings. The number of hydrogen-bond donors (Lipinski definition) is 1. The van der Waals surface area contributed by atoms with Gasteiger partial charge in [-0.1, -0.05) is 25.4 Å². The lowest BCUT2D eigenvalue weighted by Crippen LogP contribution is -2.36. The molecule has 1 fully saturated rings. The molecule has 0 saturated carbocycles. The van der Waals surface area contributed by atoms with Crippen molar-refractivity contribution in [1.82, 2.24) is 0 Å². The maximum absolute atomic E-state index is 14.6. The van der Waals surface area contributed by atoms with E-state index in [2.05, 4.69) is 5.32 Å². The van der Waals surface area contributed by atoms with Crippen LogP contribution in [0.25, 0.3) is 0 Å². The standard InChI is InChI=1S/C22H26ClFN2O4/c1-14(2)13-30-21-17(23)10-15(11-20(21)28-3)22(27)25-16-4-5-19(18(24)12-16)26-6-8-29-9-7-26/h4-5,10-12,14H,6-9,13H2,1-3H3,(H,25,27). The van der Waals surface area contributed by atoms with Crippen molar-refractivity contribution in [3.05, 3.63) is 46.7 Å². The summed E-state index contributed by atoms with van der Waals surface area (Å²) in [5, 5.41) is 2.97. The van der Waals surface area contributed by atoms with Gasteiger partial charge >= 0.3 is 0 Å². The van der Waals surface area contributed by atoms with Crippen molar-refractivity contribution in [1.29, 1.82) is 0 Å². The molecule has 2 aromatic carbocycles. The minimum absolute atomic E-state index is 0.272. The average molecular weight is 437 g/mol. The third kappa shape index (κ3) is 5.34. The van der Waals surface area contributed by atoms with E-state index in [1.165, 1.54) is 19.2 Å². The number of morpholine rings is 1. The third-order valence-electron chi connectivity index (χ3n) is 4.61. The molecular weight excluding hydrogens is 411 g/mol. The molecule has 30 heavy (non-hydrogen) atoms. The van der Waals surface area contributed by atoms with E-state index in [-0.39, 0.29) is 10.6 Å². The predicted molar refractivity (Wildman–Crippen MR) is 116 cm³/mol. The number of methoxy groups -OCH3 is 1. The summed E-state index contributed by atoms with van der Waals surface area (Å²) < 4.78 is 30.9. The fourth-order valence-electron chi connectivity index (χ4n) is 3.09. The van der Waals surface area contributed by atoms with Gasteiger partial charge in [-0.2, -0.15) is 0 Å². The van der Waals surface area contributed by atoms with Crippen LogP contribution < -0.4 is 19.7 Å². The lowest BCUT2D eigenvalue weighted by molar-refractivity contribution is 0.102. The first-order valence-corrected chi connectivity index (χ1v) is 10.2. The van der Waals surface area contributed by atoms with Crippen LogP contribution in [-0.2, 0) is 4.74 Å². The van der Waals surface area contributed by atoms with Crippen molar-refractivity contribution in [2.75, 3.05) is 50.2 Å². The molecule has 0 aliphatic carbocycles. The highest BCUT2D eigenvalue weighted by Gasteiger charge is 2.18. The molecule has 1 heterocycles. The van der Waals surface area contributed by atoms with Crippen molar-refractivity contribution in [3.63, 3.8) is 0 Å². The minimum Gasteiger partial charge on any atom is -0.493 e. The van der Waals surface area contributed by atoms with E-state index in [9.17, 15) is 9.18 Å². The Hall–Kier alpha value is -2.51. The number of nitrogens with one attached hydrogen (secondary N) is 1. The summed E-state index contributed by atoms with van der Waals surface area (Å²) in [6, 6.07) is 7.70. The Morgan fingerprint density at radius 3 is 2.63 bits per heavy atom. The number of ether oxygens (including phenoxy) is 3. The van der Waals surface area contributed by atoms with Crippen LogP contribution in [0.2, 0.25) is 5.02 Å². The summed E-state index contributed by atoms with van der Waals surface area (Å²) in [5.74, 6) is 0.239. The second-order valence-corrected chi connectivity index (χ2v) is 7.82. The van der Waals surface area contributed by atoms with E-state index < -0.39 is 11.7 Å². The SMILES string of the molecule is COc1cc(C(=O)Nc2ccc(N3CCOCC3)c(F)c2)cc(Cl)c1OCC(C)C. The molecule has 1 saturated heterocycles. The number of nitrogens with zero attached hydrogens (tertiary/aromatic N) is 1. The molecular formula is C22H26ClFN2O4. The zero-order chi connectivity index (χ0) is 21.7. The molecule has 1 aliphatic rings. The third-order valence-corrected chi connectivity index (χ3v) is 4.89. The van der Waals surface area contributed by atoms with Gasteiger partial charge in [-0.15, -0.1) is 0 Å². The van der Waals surface area contributed by atoms with E-state index in [0.29, 0.717) is 61.7 Å². The van der Waals surface area contributed by atoms with Gasteiger partial charge in [0.05, 0.1) is 37.6 Å². The van der Waals surface area contributed by atoms with E-state index in [0.717, 1.165) is 0 Å². The maximum Gasteiger partial charge on any atom is 0.255 e. The van der Waals surface area contributed by atoms with E-state index >= 15 is 0 Å². The van der Waals surface area contributed by atoms with Gasteiger partial charge in [0.15, 0.2) is 11.5 Å². The van der Waals surface area contributed by atoms with Gasteiger partial charge in [-0.25, -0.2) is 4.39 Å². The Balaban J connectivity index is 1.75. The first-order chi connectivity index (χ1) is 14.4. The van der Waals surface area contributed by atoms with Gasteiger partial charge in [0.25, 0.3) is 5.91 Å². The number of halogens is 2. The van der Waals surface area contributed by atoms with Crippen LogP contribution in [0.5, 0.6) is 11.5 Å². The van der Waals surface area contributed by atoms with Crippen LogP contribution in [0.4, 0.5) is 15.8 Å². The highest BCUT2D eigenvalue weighted by atomic mass is 35.5. The number of rotatable bonds is 7. The molecule has 0 aromatic heterocycles. The van der Waals surface area contributed by atoms with E-state index in [4.69, 9.17) is 25.8 Å². The highest BCUT2D eigenvalue weighted by molar-refractivity contribution is 6.32. The molecule has 0 spiro atoms. The van der Waals surface area contributed by atoms with Crippen LogP contribution in [0.15, 0.2) is 30.3 Å². The molecule has 1 aliphatic heterocycles. The van der Waals surface area contributed by atoms with Gasteiger partial charge in [0.2, 0.25) is 0 Å². The van der Waals surface area contributed by atoms with Gasteiger partial charge < -0.3 is 24.4 Å². The quantitative estimate of drug-likeness (QED) is 0.686. The number of carbonyl (C=O) groups is 1.